The van der Waals surface area contributed by atoms with Crippen LogP contribution in [0.4, 0.5) is 0 Å². The van der Waals surface area contributed by atoms with Crippen molar-refractivity contribution in [1.29, 1.82) is 0 Å². The molecule has 0 saturated carbocycles. The van der Waals surface area contributed by atoms with E-state index in [0.717, 1.165) is 38.5 Å². The van der Waals surface area contributed by atoms with Gasteiger partial charge in [0.05, 0.1) is 0 Å². The van der Waals surface area contributed by atoms with Crippen LogP contribution in [0.5, 0.6) is 0 Å². The summed E-state index contributed by atoms with van der Waals surface area (Å²) in [5.74, 6) is 5.72. The molecular formula is C12H20O. The minimum Gasteiger partial charge on any atom is -0.285 e. The molecule has 0 aliphatic rings. The van der Waals surface area contributed by atoms with E-state index < -0.39 is 0 Å². The number of carbonyl (C=O) groups excluding carboxylic acids is 1. The van der Waals surface area contributed by atoms with E-state index in [1.54, 1.807) is 0 Å². The zero-order valence-corrected chi connectivity index (χ0v) is 8.86. The molecule has 0 aromatic carbocycles. The highest BCUT2D eigenvalue weighted by atomic mass is 16.1. The average molecular weight is 180 g/mol. The predicted molar refractivity (Wildman–Crippen MR) is 56.5 cm³/mol. The van der Waals surface area contributed by atoms with Gasteiger partial charge in [0.2, 0.25) is 5.78 Å². The minimum absolute atomic E-state index is 0.115. The summed E-state index contributed by atoms with van der Waals surface area (Å²) in [5, 5.41) is 0. The van der Waals surface area contributed by atoms with Crippen molar-refractivity contribution in [1.82, 2.24) is 0 Å². The van der Waals surface area contributed by atoms with E-state index in [1.165, 1.54) is 0 Å². The maximum atomic E-state index is 11.1. The van der Waals surface area contributed by atoms with Crippen LogP contribution in [-0.2, 0) is 4.79 Å². The van der Waals surface area contributed by atoms with Crippen molar-refractivity contribution in [3.63, 3.8) is 0 Å². The summed E-state index contributed by atoms with van der Waals surface area (Å²) < 4.78 is 0. The van der Waals surface area contributed by atoms with Crippen molar-refractivity contribution >= 4 is 5.78 Å². The van der Waals surface area contributed by atoms with Crippen molar-refractivity contribution in [2.45, 2.75) is 58.8 Å². The van der Waals surface area contributed by atoms with Crippen LogP contribution in [0.1, 0.15) is 58.8 Å². The molecule has 74 valence electrons. The van der Waals surface area contributed by atoms with E-state index in [1.807, 2.05) is 0 Å². The topological polar surface area (TPSA) is 17.1 Å². The van der Waals surface area contributed by atoms with Crippen LogP contribution < -0.4 is 0 Å². The van der Waals surface area contributed by atoms with Crippen LogP contribution in [0, 0.1) is 11.8 Å². The van der Waals surface area contributed by atoms with Gasteiger partial charge in [0, 0.05) is 12.8 Å². The van der Waals surface area contributed by atoms with Crippen molar-refractivity contribution in [3.05, 3.63) is 0 Å². The normalized spacial score (nSPS) is 9.08. The molecule has 0 saturated heterocycles. The summed E-state index contributed by atoms with van der Waals surface area (Å²) in [5.41, 5.74) is 0. The molecule has 0 unspecified atom stereocenters. The highest BCUT2D eigenvalue weighted by molar-refractivity contribution is 5.95. The lowest BCUT2D eigenvalue weighted by molar-refractivity contribution is -0.113. The van der Waals surface area contributed by atoms with Crippen molar-refractivity contribution < 1.29 is 4.79 Å². The summed E-state index contributed by atoms with van der Waals surface area (Å²) in [6.45, 7) is 4.27. The molecule has 0 aromatic rings. The standard InChI is InChI=1S/C12H20O/c1-3-5-7-9-11-12(13)10-8-6-4-2/h3-8,10H2,1-2H3. The van der Waals surface area contributed by atoms with Crippen LogP contribution in [0.15, 0.2) is 0 Å². The Bertz CT molecular complexity index is 183. The fourth-order valence-corrected chi connectivity index (χ4v) is 1.02. The van der Waals surface area contributed by atoms with Crippen molar-refractivity contribution in [2.75, 3.05) is 0 Å². The maximum Gasteiger partial charge on any atom is 0.205 e. The molecule has 0 N–H and O–H groups in total. The largest absolute Gasteiger partial charge is 0.285 e. The number of unbranched alkanes of at least 4 members (excludes halogenated alkanes) is 4. The van der Waals surface area contributed by atoms with Crippen molar-refractivity contribution in [2.24, 2.45) is 0 Å². The van der Waals surface area contributed by atoms with Crippen LogP contribution in [0.3, 0.4) is 0 Å². The highest BCUT2D eigenvalue weighted by Crippen LogP contribution is 1.99. The second-order valence-electron chi connectivity index (χ2n) is 3.29. The van der Waals surface area contributed by atoms with E-state index in [4.69, 9.17) is 0 Å². The van der Waals surface area contributed by atoms with Gasteiger partial charge in [-0.1, -0.05) is 39.0 Å². The molecule has 0 atom stereocenters. The van der Waals surface area contributed by atoms with Gasteiger partial charge < -0.3 is 0 Å². The van der Waals surface area contributed by atoms with Gasteiger partial charge >= 0.3 is 0 Å². The quantitative estimate of drug-likeness (QED) is 0.348. The lowest BCUT2D eigenvalue weighted by Crippen LogP contribution is -1.92. The molecule has 13 heavy (non-hydrogen) atoms. The second-order valence-corrected chi connectivity index (χ2v) is 3.29. The molecular weight excluding hydrogens is 160 g/mol. The number of Topliss-reactive ketones (excluding diaryl/α,β-unsaturated/α-hetero) is 1. The van der Waals surface area contributed by atoms with E-state index >= 15 is 0 Å². The second kappa shape index (κ2) is 9.32. The molecule has 0 aliphatic carbocycles. The molecule has 0 aromatic heterocycles. The Balaban J connectivity index is 3.41. The molecule has 1 nitrogen and oxygen atoms in total. The Morgan fingerprint density at radius 1 is 1.08 bits per heavy atom. The first kappa shape index (κ1) is 12.2. The maximum absolute atomic E-state index is 11.1. The van der Waals surface area contributed by atoms with Gasteiger partial charge in [-0.25, -0.2) is 0 Å². The molecule has 0 amide bonds. The number of hydrogen-bond acceptors (Lipinski definition) is 1. The monoisotopic (exact) mass is 180 g/mol. The third kappa shape index (κ3) is 9.14. The van der Waals surface area contributed by atoms with Gasteiger partial charge in [-0.2, -0.15) is 0 Å². The molecule has 0 fully saturated rings. The van der Waals surface area contributed by atoms with Gasteiger partial charge in [-0.3, -0.25) is 4.79 Å². The van der Waals surface area contributed by atoms with E-state index in [-0.39, 0.29) is 5.78 Å². The number of hydrogen-bond donors (Lipinski definition) is 0. The molecule has 0 bridgehead atoms. The van der Waals surface area contributed by atoms with Crippen LogP contribution in [0.2, 0.25) is 0 Å². The number of carbonyl (C=O) groups is 1. The Morgan fingerprint density at radius 3 is 2.38 bits per heavy atom. The Labute approximate surface area is 81.9 Å². The predicted octanol–water partition coefficient (Wildman–Crippen LogP) is 3.33. The van der Waals surface area contributed by atoms with Crippen LogP contribution >= 0.6 is 0 Å². The van der Waals surface area contributed by atoms with Crippen LogP contribution in [0.25, 0.3) is 0 Å². The van der Waals surface area contributed by atoms with E-state index in [9.17, 15) is 4.79 Å². The minimum atomic E-state index is 0.115. The van der Waals surface area contributed by atoms with E-state index in [0.29, 0.717) is 6.42 Å². The van der Waals surface area contributed by atoms with Gasteiger partial charge in [0.1, 0.15) is 0 Å². The lowest BCUT2D eigenvalue weighted by Gasteiger charge is -1.91. The van der Waals surface area contributed by atoms with Gasteiger partial charge in [-0.05, 0) is 18.8 Å². The van der Waals surface area contributed by atoms with Gasteiger partial charge in [0.25, 0.3) is 0 Å². The third-order valence-corrected chi connectivity index (χ3v) is 1.89. The molecule has 0 rings (SSSR count). The summed E-state index contributed by atoms with van der Waals surface area (Å²) in [4.78, 5) is 11.1. The SMILES string of the molecule is CCCCC#CC(=O)CCCCC. The lowest BCUT2D eigenvalue weighted by atomic mass is 10.1. The van der Waals surface area contributed by atoms with Gasteiger partial charge in [0.15, 0.2) is 0 Å². The molecule has 0 heterocycles. The summed E-state index contributed by atoms with van der Waals surface area (Å²) in [7, 11) is 0. The fourth-order valence-electron chi connectivity index (χ4n) is 1.02. The Morgan fingerprint density at radius 2 is 1.77 bits per heavy atom. The first-order chi connectivity index (χ1) is 6.31. The van der Waals surface area contributed by atoms with Gasteiger partial charge in [-0.15, -0.1) is 0 Å². The first-order valence-electron chi connectivity index (χ1n) is 5.33. The number of rotatable bonds is 6. The molecule has 1 heteroatoms. The first-order valence-corrected chi connectivity index (χ1v) is 5.33. The van der Waals surface area contributed by atoms with E-state index in [2.05, 4.69) is 25.7 Å². The summed E-state index contributed by atoms with van der Waals surface area (Å²) in [6.07, 6.45) is 7.08. The smallest absolute Gasteiger partial charge is 0.205 e. The summed E-state index contributed by atoms with van der Waals surface area (Å²) >= 11 is 0. The van der Waals surface area contributed by atoms with Crippen molar-refractivity contribution in [3.8, 4) is 11.8 Å². The van der Waals surface area contributed by atoms with Crippen LogP contribution in [-0.4, -0.2) is 5.78 Å². The summed E-state index contributed by atoms with van der Waals surface area (Å²) in [6, 6.07) is 0. The molecule has 0 aliphatic heterocycles. The number of ketones is 1. The zero-order valence-electron chi connectivity index (χ0n) is 8.86. The third-order valence-electron chi connectivity index (χ3n) is 1.89. The zero-order chi connectivity index (χ0) is 9.94. The molecule has 0 spiro atoms. The Hall–Kier alpha value is -0.770. The fraction of sp³-hybridized carbons (Fsp3) is 0.750. The Kier molecular flexibility index (Phi) is 8.77. The molecule has 0 radical (unpaired) electrons. The highest BCUT2D eigenvalue weighted by Gasteiger charge is 1.94. The average Bonchev–Trinajstić information content (AvgIpc) is 2.13.